The minimum Gasteiger partial charge on any atom is -0.389 e. The van der Waals surface area contributed by atoms with Crippen molar-refractivity contribution < 1.29 is 9.59 Å². The number of hydrogen-bond donors (Lipinski definition) is 2. The Bertz CT molecular complexity index is 485. The lowest BCUT2D eigenvalue weighted by molar-refractivity contribution is -0.134. The van der Waals surface area contributed by atoms with E-state index in [1.165, 1.54) is 4.90 Å². The number of carbonyl (C=O) groups excluding carboxylic acids is 2. The summed E-state index contributed by atoms with van der Waals surface area (Å²) in [6, 6.07) is 7.14. The smallest absolute Gasteiger partial charge is 0.237 e. The molecule has 0 atom stereocenters. The average molecular weight is 279 g/mol. The number of nitrogens with two attached hydrogens (primary N) is 2. The molecule has 0 unspecified atom stereocenters. The first kappa shape index (κ1) is 15.1. The number of thiocarbonyl (C=S) groups is 1. The highest BCUT2D eigenvalue weighted by Crippen LogP contribution is 2.07. The van der Waals surface area contributed by atoms with Crippen molar-refractivity contribution >= 4 is 29.0 Å². The summed E-state index contributed by atoms with van der Waals surface area (Å²) < 4.78 is 0. The van der Waals surface area contributed by atoms with Crippen molar-refractivity contribution in [1.82, 2.24) is 4.90 Å². The van der Waals surface area contributed by atoms with Gasteiger partial charge in [-0.3, -0.25) is 9.59 Å². The number of likely N-dealkylation sites (N-methyl/N-ethyl adjacent to an activating group) is 1. The van der Waals surface area contributed by atoms with Gasteiger partial charge in [-0.05, 0) is 12.5 Å². The Kier molecular flexibility index (Phi) is 5.44. The summed E-state index contributed by atoms with van der Waals surface area (Å²) >= 11 is 4.85. The van der Waals surface area contributed by atoms with Crippen LogP contribution in [0.4, 0.5) is 0 Å². The van der Waals surface area contributed by atoms with Crippen LogP contribution in [0, 0.1) is 0 Å². The van der Waals surface area contributed by atoms with Gasteiger partial charge in [0.25, 0.3) is 0 Å². The summed E-state index contributed by atoms with van der Waals surface area (Å²) in [5, 5.41) is 0. The van der Waals surface area contributed by atoms with E-state index in [1.807, 2.05) is 0 Å². The predicted octanol–water partition coefficient (Wildman–Crippen LogP) is 0.197. The molecule has 4 N–H and O–H groups in total. The van der Waals surface area contributed by atoms with Crippen LogP contribution in [0.5, 0.6) is 0 Å². The molecule has 0 aromatic heterocycles. The molecule has 0 heterocycles. The first-order chi connectivity index (χ1) is 8.93. The summed E-state index contributed by atoms with van der Waals surface area (Å²) in [5.74, 6) is -0.650. The highest BCUT2D eigenvalue weighted by atomic mass is 32.1. The van der Waals surface area contributed by atoms with Gasteiger partial charge in [-0.25, -0.2) is 0 Å². The molecule has 1 aromatic carbocycles. The van der Waals surface area contributed by atoms with E-state index in [4.69, 9.17) is 23.7 Å². The quantitative estimate of drug-likeness (QED) is 0.728. The SMILES string of the molecule is CCN(CC(N)=O)C(=O)Cc1ccc(C(N)=S)cc1. The van der Waals surface area contributed by atoms with Crippen molar-refractivity contribution in [3.8, 4) is 0 Å². The second-order valence-electron chi connectivity index (χ2n) is 4.11. The van der Waals surface area contributed by atoms with Gasteiger partial charge in [0.1, 0.15) is 4.99 Å². The molecule has 0 radical (unpaired) electrons. The Morgan fingerprint density at radius 1 is 1.21 bits per heavy atom. The molecule has 0 aliphatic heterocycles. The Hall–Kier alpha value is -1.95. The molecule has 0 saturated heterocycles. The number of benzene rings is 1. The van der Waals surface area contributed by atoms with Gasteiger partial charge in [0.05, 0.1) is 13.0 Å². The molecule has 6 heteroatoms. The minimum absolute atomic E-state index is 0.0553. The number of amides is 2. The fraction of sp³-hybridized carbons (Fsp3) is 0.308. The van der Waals surface area contributed by atoms with Crippen LogP contribution >= 0.6 is 12.2 Å². The molecule has 0 saturated carbocycles. The molecule has 0 spiro atoms. The van der Waals surface area contributed by atoms with Gasteiger partial charge in [0, 0.05) is 12.1 Å². The zero-order chi connectivity index (χ0) is 14.4. The topological polar surface area (TPSA) is 89.4 Å². The fourth-order valence-corrected chi connectivity index (χ4v) is 1.77. The molecule has 5 nitrogen and oxygen atoms in total. The Labute approximate surface area is 117 Å². The first-order valence-corrected chi connectivity index (χ1v) is 6.29. The van der Waals surface area contributed by atoms with Gasteiger partial charge in [-0.15, -0.1) is 0 Å². The third kappa shape index (κ3) is 4.67. The zero-order valence-electron chi connectivity index (χ0n) is 10.8. The van der Waals surface area contributed by atoms with E-state index in [0.29, 0.717) is 11.5 Å². The molecule has 2 amide bonds. The van der Waals surface area contributed by atoms with E-state index in [9.17, 15) is 9.59 Å². The van der Waals surface area contributed by atoms with Crippen LogP contribution in [0.25, 0.3) is 0 Å². The lowest BCUT2D eigenvalue weighted by atomic mass is 10.1. The van der Waals surface area contributed by atoms with E-state index in [-0.39, 0.29) is 18.9 Å². The largest absolute Gasteiger partial charge is 0.389 e. The van der Waals surface area contributed by atoms with Crippen molar-refractivity contribution in [1.29, 1.82) is 0 Å². The molecule has 0 aliphatic carbocycles. The van der Waals surface area contributed by atoms with Crippen LogP contribution < -0.4 is 11.5 Å². The van der Waals surface area contributed by atoms with E-state index < -0.39 is 5.91 Å². The standard InChI is InChI=1S/C13H17N3O2S/c1-2-16(8-11(14)17)12(18)7-9-3-5-10(6-4-9)13(15)19/h3-6H,2,7-8H2,1H3,(H2,14,17)(H2,15,19). The summed E-state index contributed by atoms with van der Waals surface area (Å²) in [6.07, 6.45) is 0.221. The van der Waals surface area contributed by atoms with Crippen LogP contribution in [0.2, 0.25) is 0 Å². The Balaban J connectivity index is 2.70. The van der Waals surface area contributed by atoms with E-state index in [1.54, 1.807) is 31.2 Å². The average Bonchev–Trinajstić information content (AvgIpc) is 2.36. The third-order valence-electron chi connectivity index (χ3n) is 2.67. The summed E-state index contributed by atoms with van der Waals surface area (Å²) in [5.41, 5.74) is 12.2. The van der Waals surface area contributed by atoms with Crippen LogP contribution in [-0.4, -0.2) is 34.8 Å². The third-order valence-corrected chi connectivity index (χ3v) is 2.91. The number of rotatable bonds is 6. The zero-order valence-corrected chi connectivity index (χ0v) is 11.6. The number of carbonyl (C=O) groups is 2. The lowest BCUT2D eigenvalue weighted by Crippen LogP contribution is -2.39. The highest BCUT2D eigenvalue weighted by molar-refractivity contribution is 7.80. The van der Waals surface area contributed by atoms with Crippen molar-refractivity contribution in [2.45, 2.75) is 13.3 Å². The number of primary amides is 1. The Morgan fingerprint density at radius 3 is 2.21 bits per heavy atom. The van der Waals surface area contributed by atoms with Crippen LogP contribution in [0.1, 0.15) is 18.1 Å². The molecular weight excluding hydrogens is 262 g/mol. The Morgan fingerprint density at radius 2 is 1.79 bits per heavy atom. The normalized spacial score (nSPS) is 9.95. The van der Waals surface area contributed by atoms with E-state index in [0.717, 1.165) is 11.1 Å². The molecule has 102 valence electrons. The minimum atomic E-state index is -0.515. The summed E-state index contributed by atoms with van der Waals surface area (Å²) in [6.45, 7) is 2.20. The second-order valence-corrected chi connectivity index (χ2v) is 4.55. The molecule has 1 rings (SSSR count). The maximum absolute atomic E-state index is 12.0. The van der Waals surface area contributed by atoms with Gasteiger partial charge in [0.15, 0.2) is 0 Å². The van der Waals surface area contributed by atoms with Crippen LogP contribution in [-0.2, 0) is 16.0 Å². The van der Waals surface area contributed by atoms with E-state index >= 15 is 0 Å². The molecule has 1 aromatic rings. The van der Waals surface area contributed by atoms with Gasteiger partial charge in [-0.1, -0.05) is 36.5 Å². The van der Waals surface area contributed by atoms with Gasteiger partial charge in [0.2, 0.25) is 11.8 Å². The molecule has 19 heavy (non-hydrogen) atoms. The maximum atomic E-state index is 12.0. The number of hydrogen-bond acceptors (Lipinski definition) is 3. The molecule has 0 fully saturated rings. The van der Waals surface area contributed by atoms with Crippen LogP contribution in [0.15, 0.2) is 24.3 Å². The van der Waals surface area contributed by atoms with Gasteiger partial charge < -0.3 is 16.4 Å². The summed E-state index contributed by atoms with van der Waals surface area (Å²) in [7, 11) is 0. The van der Waals surface area contributed by atoms with Crippen molar-refractivity contribution in [3.05, 3.63) is 35.4 Å². The van der Waals surface area contributed by atoms with Crippen LogP contribution in [0.3, 0.4) is 0 Å². The van der Waals surface area contributed by atoms with Gasteiger partial charge >= 0.3 is 0 Å². The number of nitrogens with zero attached hydrogens (tertiary/aromatic N) is 1. The monoisotopic (exact) mass is 279 g/mol. The second kappa shape index (κ2) is 6.84. The highest BCUT2D eigenvalue weighted by Gasteiger charge is 2.14. The first-order valence-electron chi connectivity index (χ1n) is 5.88. The van der Waals surface area contributed by atoms with E-state index in [2.05, 4.69) is 0 Å². The fourth-order valence-electron chi connectivity index (χ4n) is 1.64. The predicted molar refractivity (Wildman–Crippen MR) is 77.5 cm³/mol. The molecule has 0 bridgehead atoms. The van der Waals surface area contributed by atoms with Crippen molar-refractivity contribution in [2.75, 3.05) is 13.1 Å². The summed E-state index contributed by atoms with van der Waals surface area (Å²) in [4.78, 5) is 24.6. The van der Waals surface area contributed by atoms with Crippen molar-refractivity contribution in [2.24, 2.45) is 11.5 Å². The molecular formula is C13H17N3O2S. The molecule has 0 aliphatic rings. The lowest BCUT2D eigenvalue weighted by Gasteiger charge is -2.19. The van der Waals surface area contributed by atoms with Gasteiger partial charge in [-0.2, -0.15) is 0 Å². The van der Waals surface area contributed by atoms with Crippen molar-refractivity contribution in [3.63, 3.8) is 0 Å². The maximum Gasteiger partial charge on any atom is 0.237 e.